The molecule has 0 saturated carbocycles. The molecular weight excluding hydrogens is 278 g/mol. The molecule has 3 heterocycles. The molecule has 0 bridgehead atoms. The molecule has 0 unspecified atom stereocenters. The first-order chi connectivity index (χ1) is 10.8. The van der Waals surface area contributed by atoms with Crippen LogP contribution in [-0.4, -0.2) is 44.1 Å². The van der Waals surface area contributed by atoms with E-state index in [1.54, 1.807) is 6.20 Å². The number of rotatable bonds is 2. The number of amides is 1. The quantitative estimate of drug-likeness (QED) is 0.761. The number of H-pyrrole nitrogens is 2. The largest absolute Gasteiger partial charge is 0.335 e. The number of carbonyl (C=O) groups is 1. The molecule has 6 nitrogen and oxygen atoms in total. The fourth-order valence-electron chi connectivity index (χ4n) is 3.11. The van der Waals surface area contributed by atoms with Crippen molar-refractivity contribution in [3.63, 3.8) is 0 Å². The summed E-state index contributed by atoms with van der Waals surface area (Å²) in [5.41, 5.74) is 2.82. The van der Waals surface area contributed by atoms with Gasteiger partial charge in [-0.05, 0) is 31.0 Å². The van der Waals surface area contributed by atoms with Crippen molar-refractivity contribution in [2.75, 3.05) is 13.1 Å². The van der Waals surface area contributed by atoms with Crippen molar-refractivity contribution < 1.29 is 4.79 Å². The molecule has 3 aromatic rings. The summed E-state index contributed by atoms with van der Waals surface area (Å²) in [7, 11) is 0. The maximum atomic E-state index is 12.7. The smallest absolute Gasteiger partial charge is 0.289 e. The van der Waals surface area contributed by atoms with Crippen LogP contribution in [0.4, 0.5) is 0 Å². The molecule has 0 aliphatic carbocycles. The van der Waals surface area contributed by atoms with E-state index in [-0.39, 0.29) is 5.91 Å². The average Bonchev–Trinajstić information content (AvgIpc) is 3.23. The average molecular weight is 295 g/mol. The van der Waals surface area contributed by atoms with E-state index in [9.17, 15) is 4.79 Å². The number of imidazole rings is 1. The fraction of sp³-hybridized carbons (Fsp3) is 0.312. The fourth-order valence-corrected chi connectivity index (χ4v) is 3.11. The second-order valence-corrected chi connectivity index (χ2v) is 5.70. The lowest BCUT2D eigenvalue weighted by Gasteiger charge is -2.31. The van der Waals surface area contributed by atoms with Crippen molar-refractivity contribution in [2.45, 2.75) is 18.8 Å². The number of hydrogen-bond donors (Lipinski definition) is 2. The van der Waals surface area contributed by atoms with E-state index in [0.717, 1.165) is 36.1 Å². The zero-order valence-corrected chi connectivity index (χ0v) is 12.1. The molecule has 1 saturated heterocycles. The number of fused-ring (bicyclic) bond motifs is 1. The summed E-state index contributed by atoms with van der Waals surface area (Å²) in [5.74, 6) is 0.719. The Morgan fingerprint density at radius 3 is 3.00 bits per heavy atom. The van der Waals surface area contributed by atoms with Gasteiger partial charge in [-0.2, -0.15) is 5.10 Å². The highest BCUT2D eigenvalue weighted by Gasteiger charge is 2.27. The molecule has 4 rings (SSSR count). The van der Waals surface area contributed by atoms with E-state index < -0.39 is 0 Å². The van der Waals surface area contributed by atoms with Gasteiger partial charge in [-0.25, -0.2) is 4.98 Å². The normalized spacial score (nSPS) is 18.7. The van der Waals surface area contributed by atoms with Crippen molar-refractivity contribution in [2.24, 2.45) is 0 Å². The van der Waals surface area contributed by atoms with Gasteiger partial charge in [0, 0.05) is 30.9 Å². The summed E-state index contributed by atoms with van der Waals surface area (Å²) in [6.45, 7) is 1.48. The number of nitrogens with one attached hydrogen (secondary N) is 2. The zero-order chi connectivity index (χ0) is 14.9. The van der Waals surface area contributed by atoms with Crippen LogP contribution in [0, 0.1) is 0 Å². The molecule has 2 aromatic heterocycles. The van der Waals surface area contributed by atoms with Gasteiger partial charge in [0.1, 0.15) is 0 Å². The number of para-hydroxylation sites is 2. The SMILES string of the molecule is O=C(c1nc2ccccc2[nH]1)N1CCC[C@@H](c2ccn[nH]2)C1. The maximum Gasteiger partial charge on any atom is 0.289 e. The van der Waals surface area contributed by atoms with Crippen molar-refractivity contribution >= 4 is 16.9 Å². The van der Waals surface area contributed by atoms with Crippen LogP contribution in [0.3, 0.4) is 0 Å². The Morgan fingerprint density at radius 2 is 2.18 bits per heavy atom. The Labute approximate surface area is 127 Å². The summed E-state index contributed by atoms with van der Waals surface area (Å²) in [6, 6.07) is 9.69. The van der Waals surface area contributed by atoms with E-state index in [4.69, 9.17) is 0 Å². The molecule has 1 atom stereocenters. The predicted molar refractivity (Wildman–Crippen MR) is 82.6 cm³/mol. The number of aromatic nitrogens is 4. The van der Waals surface area contributed by atoms with Crippen molar-refractivity contribution in [3.05, 3.63) is 48.0 Å². The van der Waals surface area contributed by atoms with Gasteiger partial charge in [-0.1, -0.05) is 12.1 Å². The van der Waals surface area contributed by atoms with Gasteiger partial charge in [-0.3, -0.25) is 9.89 Å². The number of aromatic amines is 2. The van der Waals surface area contributed by atoms with Gasteiger partial charge < -0.3 is 9.88 Å². The molecule has 1 aliphatic rings. The van der Waals surface area contributed by atoms with Crippen LogP contribution in [0.25, 0.3) is 11.0 Å². The van der Waals surface area contributed by atoms with Gasteiger partial charge in [-0.15, -0.1) is 0 Å². The molecule has 1 aromatic carbocycles. The number of carbonyl (C=O) groups excluding carboxylic acids is 1. The molecule has 112 valence electrons. The highest BCUT2D eigenvalue weighted by molar-refractivity contribution is 5.94. The van der Waals surface area contributed by atoms with Crippen molar-refractivity contribution in [1.82, 2.24) is 25.1 Å². The Bertz CT molecular complexity index is 759. The summed E-state index contributed by atoms with van der Waals surface area (Å²) in [6.07, 6.45) is 3.83. The monoisotopic (exact) mass is 295 g/mol. The van der Waals surface area contributed by atoms with Crippen molar-refractivity contribution in [3.8, 4) is 0 Å². The van der Waals surface area contributed by atoms with Crippen LogP contribution < -0.4 is 0 Å². The number of hydrogen-bond acceptors (Lipinski definition) is 3. The van der Waals surface area contributed by atoms with Crippen LogP contribution in [0.2, 0.25) is 0 Å². The number of benzene rings is 1. The lowest BCUT2D eigenvalue weighted by Crippen LogP contribution is -2.39. The second-order valence-electron chi connectivity index (χ2n) is 5.70. The van der Waals surface area contributed by atoms with Crippen LogP contribution in [0.1, 0.15) is 35.1 Å². The summed E-state index contributed by atoms with van der Waals surface area (Å²) in [5, 5.41) is 7.02. The van der Waals surface area contributed by atoms with E-state index in [1.807, 2.05) is 35.2 Å². The van der Waals surface area contributed by atoms with Crippen LogP contribution in [0.15, 0.2) is 36.5 Å². The lowest BCUT2D eigenvalue weighted by atomic mass is 9.95. The molecule has 0 spiro atoms. The molecule has 1 fully saturated rings. The third kappa shape index (κ3) is 2.26. The van der Waals surface area contributed by atoms with Gasteiger partial charge in [0.2, 0.25) is 0 Å². The van der Waals surface area contributed by atoms with Crippen LogP contribution in [-0.2, 0) is 0 Å². The number of nitrogens with zero attached hydrogens (tertiary/aromatic N) is 3. The first-order valence-electron chi connectivity index (χ1n) is 7.54. The highest BCUT2D eigenvalue weighted by atomic mass is 16.2. The highest BCUT2D eigenvalue weighted by Crippen LogP contribution is 2.26. The number of piperidine rings is 1. The number of likely N-dealkylation sites (tertiary alicyclic amines) is 1. The van der Waals surface area contributed by atoms with Gasteiger partial charge in [0.05, 0.1) is 11.0 Å². The molecule has 2 N–H and O–H groups in total. The van der Waals surface area contributed by atoms with Crippen molar-refractivity contribution in [1.29, 1.82) is 0 Å². The lowest BCUT2D eigenvalue weighted by molar-refractivity contribution is 0.0695. The topological polar surface area (TPSA) is 77.7 Å². The maximum absolute atomic E-state index is 12.7. The molecule has 1 aliphatic heterocycles. The first-order valence-corrected chi connectivity index (χ1v) is 7.54. The summed E-state index contributed by atoms with van der Waals surface area (Å²) in [4.78, 5) is 22.1. The zero-order valence-electron chi connectivity index (χ0n) is 12.1. The predicted octanol–water partition coefficient (Wildman–Crippen LogP) is 2.31. The molecule has 22 heavy (non-hydrogen) atoms. The van der Waals surface area contributed by atoms with Gasteiger partial charge >= 0.3 is 0 Å². The minimum absolute atomic E-state index is 0.0274. The minimum Gasteiger partial charge on any atom is -0.335 e. The Morgan fingerprint density at radius 1 is 1.27 bits per heavy atom. The Balaban J connectivity index is 1.56. The Hall–Kier alpha value is -2.63. The second kappa shape index (κ2) is 5.29. The van der Waals surface area contributed by atoms with E-state index in [0.29, 0.717) is 18.3 Å². The van der Waals surface area contributed by atoms with Crippen LogP contribution in [0.5, 0.6) is 0 Å². The third-order valence-electron chi connectivity index (χ3n) is 4.26. The summed E-state index contributed by atoms with van der Waals surface area (Å²) < 4.78 is 0. The van der Waals surface area contributed by atoms with E-state index in [1.165, 1.54) is 0 Å². The molecular formula is C16H17N5O. The molecule has 0 radical (unpaired) electrons. The van der Waals surface area contributed by atoms with E-state index >= 15 is 0 Å². The van der Waals surface area contributed by atoms with E-state index in [2.05, 4.69) is 20.2 Å². The standard InChI is InChI=1S/C16H17N5O/c22-16(15-18-13-5-1-2-6-14(13)19-15)21-9-3-4-11(10-21)12-7-8-17-20-12/h1-2,5-8,11H,3-4,9-10H2,(H,17,20)(H,18,19)/t11-/m1/s1. The minimum atomic E-state index is -0.0274. The molecule has 6 heteroatoms. The summed E-state index contributed by atoms with van der Waals surface area (Å²) >= 11 is 0. The Kier molecular flexibility index (Phi) is 3.14. The van der Waals surface area contributed by atoms with Gasteiger partial charge in [0.25, 0.3) is 5.91 Å². The van der Waals surface area contributed by atoms with Crippen LogP contribution >= 0.6 is 0 Å². The first kappa shape index (κ1) is 13.1. The third-order valence-corrected chi connectivity index (χ3v) is 4.26. The van der Waals surface area contributed by atoms with Gasteiger partial charge in [0.15, 0.2) is 5.82 Å². The molecule has 1 amide bonds.